The predicted molar refractivity (Wildman–Crippen MR) is 70.7 cm³/mol. The minimum absolute atomic E-state index is 0.00518. The second kappa shape index (κ2) is 5.81. The number of aromatic amines is 1. The van der Waals surface area contributed by atoms with Crippen LogP contribution in [0.4, 0.5) is 0 Å². The van der Waals surface area contributed by atoms with Crippen LogP contribution in [0, 0.1) is 0 Å². The van der Waals surface area contributed by atoms with Gasteiger partial charge in [0, 0.05) is 19.0 Å². The summed E-state index contributed by atoms with van der Waals surface area (Å²) in [5.41, 5.74) is -0.205. The number of carbonyl (C=O) groups excluding carboxylic acids is 2. The number of carbonyl (C=O) groups is 2. The summed E-state index contributed by atoms with van der Waals surface area (Å²) < 4.78 is 0. The molecule has 1 aromatic heterocycles. The third-order valence-corrected chi connectivity index (χ3v) is 2.67. The highest BCUT2D eigenvalue weighted by Gasteiger charge is 2.24. The van der Waals surface area contributed by atoms with E-state index in [0.717, 1.165) is 0 Å². The van der Waals surface area contributed by atoms with Gasteiger partial charge in [0.05, 0.1) is 6.54 Å². The standard InChI is InChI=1S/C12H21N5O2/c1-6-17(7-8(18)13-5)10(19)9-14-11(16-15-9)12(2,3)4/h6-7H2,1-5H3,(H,13,18)(H,14,15,16). The topological polar surface area (TPSA) is 91.0 Å². The molecule has 19 heavy (non-hydrogen) atoms. The summed E-state index contributed by atoms with van der Waals surface area (Å²) in [6.45, 7) is 8.16. The molecule has 2 amide bonds. The van der Waals surface area contributed by atoms with Crippen molar-refractivity contribution in [1.29, 1.82) is 0 Å². The van der Waals surface area contributed by atoms with E-state index in [1.54, 1.807) is 6.92 Å². The molecule has 0 saturated carbocycles. The number of hydrogen-bond donors (Lipinski definition) is 2. The fraction of sp³-hybridized carbons (Fsp3) is 0.667. The van der Waals surface area contributed by atoms with E-state index in [2.05, 4.69) is 20.5 Å². The number of nitrogens with one attached hydrogen (secondary N) is 2. The van der Waals surface area contributed by atoms with Crippen molar-refractivity contribution < 1.29 is 9.59 Å². The Bertz CT molecular complexity index is 461. The minimum Gasteiger partial charge on any atom is -0.358 e. The molecule has 0 fully saturated rings. The largest absolute Gasteiger partial charge is 0.358 e. The van der Waals surface area contributed by atoms with E-state index in [9.17, 15) is 9.59 Å². The molecule has 0 radical (unpaired) electrons. The molecule has 7 heteroatoms. The van der Waals surface area contributed by atoms with E-state index in [0.29, 0.717) is 12.4 Å². The van der Waals surface area contributed by atoms with Gasteiger partial charge in [0.25, 0.3) is 5.91 Å². The Hall–Kier alpha value is -1.92. The molecule has 0 spiro atoms. The molecule has 1 aromatic rings. The van der Waals surface area contributed by atoms with Gasteiger partial charge in [-0.3, -0.25) is 14.7 Å². The summed E-state index contributed by atoms with van der Waals surface area (Å²) in [4.78, 5) is 29.1. The number of aromatic nitrogens is 3. The van der Waals surface area contributed by atoms with Crippen LogP contribution in [0.2, 0.25) is 0 Å². The lowest BCUT2D eigenvalue weighted by Crippen LogP contribution is -2.40. The Morgan fingerprint density at radius 1 is 1.37 bits per heavy atom. The molecule has 0 bridgehead atoms. The van der Waals surface area contributed by atoms with Crippen LogP contribution in [-0.4, -0.2) is 52.0 Å². The molecule has 0 aliphatic heterocycles. The number of hydrogen-bond acceptors (Lipinski definition) is 4. The molecule has 0 saturated heterocycles. The Labute approximate surface area is 112 Å². The van der Waals surface area contributed by atoms with Gasteiger partial charge in [0.1, 0.15) is 5.82 Å². The van der Waals surface area contributed by atoms with Gasteiger partial charge in [0.2, 0.25) is 11.7 Å². The summed E-state index contributed by atoms with van der Waals surface area (Å²) in [6, 6.07) is 0. The molecule has 2 N–H and O–H groups in total. The normalized spacial score (nSPS) is 11.2. The van der Waals surface area contributed by atoms with Crippen molar-refractivity contribution >= 4 is 11.8 Å². The molecule has 0 aliphatic rings. The average Bonchev–Trinajstić information content (AvgIpc) is 2.84. The lowest BCUT2D eigenvalue weighted by Gasteiger charge is -2.18. The van der Waals surface area contributed by atoms with Crippen molar-refractivity contribution in [2.45, 2.75) is 33.1 Å². The summed E-state index contributed by atoms with van der Waals surface area (Å²) >= 11 is 0. The van der Waals surface area contributed by atoms with Gasteiger partial charge < -0.3 is 10.2 Å². The molecular weight excluding hydrogens is 246 g/mol. The predicted octanol–water partition coefficient (Wildman–Crippen LogP) is 0.310. The molecule has 106 valence electrons. The molecule has 0 aromatic carbocycles. The zero-order valence-corrected chi connectivity index (χ0v) is 12.1. The lowest BCUT2D eigenvalue weighted by atomic mass is 9.96. The SMILES string of the molecule is CCN(CC(=O)NC)C(=O)c1n[nH]c(C(C)(C)C)n1. The Morgan fingerprint density at radius 2 is 2.00 bits per heavy atom. The first-order valence-electron chi connectivity index (χ1n) is 6.22. The van der Waals surface area contributed by atoms with Gasteiger partial charge in [-0.1, -0.05) is 20.8 Å². The maximum Gasteiger partial charge on any atom is 0.293 e. The van der Waals surface area contributed by atoms with Gasteiger partial charge in [0.15, 0.2) is 0 Å². The number of rotatable bonds is 4. The summed E-state index contributed by atoms with van der Waals surface area (Å²) in [6.07, 6.45) is 0. The maximum absolute atomic E-state index is 12.2. The maximum atomic E-state index is 12.2. The van der Waals surface area contributed by atoms with Gasteiger partial charge in [-0.25, -0.2) is 4.98 Å². The number of nitrogens with zero attached hydrogens (tertiary/aromatic N) is 3. The van der Waals surface area contributed by atoms with Gasteiger partial charge in [-0.05, 0) is 6.92 Å². The third-order valence-electron chi connectivity index (χ3n) is 2.67. The first-order chi connectivity index (χ1) is 8.79. The van der Waals surface area contributed by atoms with Gasteiger partial charge in [-0.15, -0.1) is 5.10 Å². The van der Waals surface area contributed by atoms with E-state index in [-0.39, 0.29) is 29.6 Å². The Balaban J connectivity index is 2.86. The van der Waals surface area contributed by atoms with Gasteiger partial charge in [-0.2, -0.15) is 0 Å². The highest BCUT2D eigenvalue weighted by Crippen LogP contribution is 2.17. The summed E-state index contributed by atoms with van der Waals surface area (Å²) in [5, 5.41) is 9.17. The van der Waals surface area contributed by atoms with Gasteiger partial charge >= 0.3 is 0 Å². The van der Waals surface area contributed by atoms with Crippen LogP contribution in [0.3, 0.4) is 0 Å². The van der Waals surface area contributed by atoms with Crippen LogP contribution >= 0.6 is 0 Å². The second-order valence-electron chi connectivity index (χ2n) is 5.25. The fourth-order valence-corrected chi connectivity index (χ4v) is 1.41. The third kappa shape index (κ3) is 3.77. The molecule has 7 nitrogen and oxygen atoms in total. The van der Waals surface area contributed by atoms with Crippen LogP contribution in [-0.2, 0) is 10.2 Å². The molecule has 0 aliphatic carbocycles. The second-order valence-corrected chi connectivity index (χ2v) is 5.25. The highest BCUT2D eigenvalue weighted by molar-refractivity contribution is 5.93. The van der Waals surface area contributed by atoms with E-state index < -0.39 is 0 Å². The van der Waals surface area contributed by atoms with Crippen molar-refractivity contribution in [3.63, 3.8) is 0 Å². The van der Waals surface area contributed by atoms with E-state index in [1.165, 1.54) is 11.9 Å². The lowest BCUT2D eigenvalue weighted by molar-refractivity contribution is -0.121. The smallest absolute Gasteiger partial charge is 0.293 e. The van der Waals surface area contributed by atoms with E-state index in [1.807, 2.05) is 20.8 Å². The summed E-state index contributed by atoms with van der Waals surface area (Å²) in [5.74, 6) is 0.169. The van der Waals surface area contributed by atoms with Crippen LogP contribution in [0.25, 0.3) is 0 Å². The zero-order valence-electron chi connectivity index (χ0n) is 12.1. The molecule has 1 rings (SSSR count). The molecule has 0 atom stereocenters. The van der Waals surface area contributed by atoms with Crippen LogP contribution in [0.5, 0.6) is 0 Å². The highest BCUT2D eigenvalue weighted by atomic mass is 16.2. The average molecular weight is 267 g/mol. The first-order valence-corrected chi connectivity index (χ1v) is 6.22. The van der Waals surface area contributed by atoms with Crippen molar-refractivity contribution in [3.05, 3.63) is 11.6 Å². The van der Waals surface area contributed by atoms with Crippen molar-refractivity contribution in [2.24, 2.45) is 0 Å². The quantitative estimate of drug-likeness (QED) is 0.821. The van der Waals surface area contributed by atoms with E-state index in [4.69, 9.17) is 0 Å². The van der Waals surface area contributed by atoms with Crippen LogP contribution < -0.4 is 5.32 Å². The van der Waals surface area contributed by atoms with Crippen LogP contribution in [0.15, 0.2) is 0 Å². The van der Waals surface area contributed by atoms with Crippen molar-refractivity contribution in [2.75, 3.05) is 20.1 Å². The molecule has 1 heterocycles. The Morgan fingerprint density at radius 3 is 2.42 bits per heavy atom. The first kappa shape index (κ1) is 15.1. The number of amides is 2. The molecule has 0 unspecified atom stereocenters. The molecular formula is C12H21N5O2. The number of H-pyrrole nitrogens is 1. The zero-order chi connectivity index (χ0) is 14.6. The minimum atomic E-state index is -0.349. The summed E-state index contributed by atoms with van der Waals surface area (Å²) in [7, 11) is 1.53. The monoisotopic (exact) mass is 267 g/mol. The fourth-order valence-electron chi connectivity index (χ4n) is 1.41. The number of likely N-dealkylation sites (N-methyl/N-ethyl adjacent to an activating group) is 2. The van der Waals surface area contributed by atoms with Crippen molar-refractivity contribution in [3.8, 4) is 0 Å². The van der Waals surface area contributed by atoms with Crippen molar-refractivity contribution in [1.82, 2.24) is 25.4 Å². The van der Waals surface area contributed by atoms with Crippen LogP contribution in [0.1, 0.15) is 44.1 Å². The van der Waals surface area contributed by atoms with E-state index >= 15 is 0 Å². The Kier molecular flexibility index (Phi) is 4.63.